The molecule has 1 aromatic rings. The lowest BCUT2D eigenvalue weighted by atomic mass is 10.2. The minimum absolute atomic E-state index is 0.389. The van der Waals surface area contributed by atoms with Crippen LogP contribution in [0.4, 0.5) is 0 Å². The zero-order chi connectivity index (χ0) is 14.3. The quantitative estimate of drug-likeness (QED) is 0.516. The van der Waals surface area contributed by atoms with E-state index in [-0.39, 0.29) is 0 Å². The maximum absolute atomic E-state index is 6.13. The molecule has 0 heterocycles. The summed E-state index contributed by atoms with van der Waals surface area (Å²) in [6.07, 6.45) is 3.37. The predicted octanol–water partition coefficient (Wildman–Crippen LogP) is 2.76. The first kappa shape index (κ1) is 15.7. The van der Waals surface area contributed by atoms with Crippen molar-refractivity contribution in [2.45, 2.75) is 6.92 Å². The average molecular weight is 302 g/mol. The molecule has 0 spiro atoms. The SMILES string of the molecule is CCOc1c(Cl)cc(/C=N\N=C(/N)SC)cc1OC. The van der Waals surface area contributed by atoms with E-state index in [4.69, 9.17) is 26.8 Å². The number of nitrogens with zero attached hydrogens (tertiary/aromatic N) is 2. The minimum atomic E-state index is 0.389. The van der Waals surface area contributed by atoms with Crippen LogP contribution in [0.2, 0.25) is 5.02 Å². The van der Waals surface area contributed by atoms with Gasteiger partial charge in [-0.1, -0.05) is 23.4 Å². The summed E-state index contributed by atoms with van der Waals surface area (Å²) in [7, 11) is 1.55. The van der Waals surface area contributed by atoms with Gasteiger partial charge >= 0.3 is 0 Å². The van der Waals surface area contributed by atoms with E-state index in [0.29, 0.717) is 28.3 Å². The van der Waals surface area contributed by atoms with Crippen molar-refractivity contribution in [3.8, 4) is 11.5 Å². The van der Waals surface area contributed by atoms with Crippen LogP contribution in [0.15, 0.2) is 22.3 Å². The maximum Gasteiger partial charge on any atom is 0.180 e. The summed E-state index contributed by atoms with van der Waals surface area (Å²) in [5.74, 6) is 1.08. The number of hydrogen-bond acceptors (Lipinski definition) is 5. The molecule has 0 aromatic heterocycles. The normalized spacial score (nSPS) is 11.9. The number of methoxy groups -OCH3 is 1. The first-order chi connectivity index (χ1) is 9.12. The fraction of sp³-hybridized carbons (Fsp3) is 0.333. The molecule has 104 valence electrons. The second kappa shape index (κ2) is 7.91. The number of nitrogens with two attached hydrogens (primary N) is 1. The Hall–Kier alpha value is -1.40. The Morgan fingerprint density at radius 2 is 2.26 bits per heavy atom. The van der Waals surface area contributed by atoms with Gasteiger partial charge in [0.25, 0.3) is 0 Å². The second-order valence-corrected chi connectivity index (χ2v) is 4.59. The van der Waals surface area contributed by atoms with Gasteiger partial charge in [0, 0.05) is 5.56 Å². The van der Waals surface area contributed by atoms with Gasteiger partial charge in [-0.2, -0.15) is 5.10 Å². The van der Waals surface area contributed by atoms with Gasteiger partial charge in [-0.05, 0) is 25.3 Å². The lowest BCUT2D eigenvalue weighted by Gasteiger charge is -2.11. The van der Waals surface area contributed by atoms with Crippen LogP contribution in [0, 0.1) is 0 Å². The first-order valence-electron chi connectivity index (χ1n) is 5.53. The van der Waals surface area contributed by atoms with Crippen LogP contribution >= 0.6 is 23.4 Å². The van der Waals surface area contributed by atoms with E-state index in [1.807, 2.05) is 13.2 Å². The fourth-order valence-corrected chi connectivity index (χ4v) is 1.69. The number of ether oxygens (including phenoxy) is 2. The van der Waals surface area contributed by atoms with Gasteiger partial charge < -0.3 is 15.2 Å². The van der Waals surface area contributed by atoms with Crippen LogP contribution in [0.25, 0.3) is 0 Å². The van der Waals surface area contributed by atoms with Crippen LogP contribution in [-0.4, -0.2) is 31.4 Å². The molecule has 0 aliphatic rings. The van der Waals surface area contributed by atoms with Crippen molar-refractivity contribution < 1.29 is 9.47 Å². The van der Waals surface area contributed by atoms with Crippen molar-refractivity contribution in [2.24, 2.45) is 15.9 Å². The van der Waals surface area contributed by atoms with Gasteiger partial charge in [0.1, 0.15) is 0 Å². The third-order valence-electron chi connectivity index (χ3n) is 2.11. The van der Waals surface area contributed by atoms with E-state index < -0.39 is 0 Å². The number of hydrogen-bond donors (Lipinski definition) is 1. The van der Waals surface area contributed by atoms with Gasteiger partial charge in [0.05, 0.1) is 25.0 Å². The highest BCUT2D eigenvalue weighted by Crippen LogP contribution is 2.35. The van der Waals surface area contributed by atoms with Gasteiger partial charge in [0.15, 0.2) is 16.7 Å². The molecule has 0 aliphatic heterocycles. The summed E-state index contributed by atoms with van der Waals surface area (Å²) in [4.78, 5) is 0. The molecule has 0 fully saturated rings. The Balaban J connectivity index is 3.01. The highest BCUT2D eigenvalue weighted by molar-refractivity contribution is 8.13. The van der Waals surface area contributed by atoms with Crippen LogP contribution < -0.4 is 15.2 Å². The molecule has 0 unspecified atom stereocenters. The lowest BCUT2D eigenvalue weighted by Crippen LogP contribution is -2.04. The van der Waals surface area contributed by atoms with E-state index in [9.17, 15) is 0 Å². The fourth-order valence-electron chi connectivity index (χ4n) is 1.29. The van der Waals surface area contributed by atoms with Crippen molar-refractivity contribution in [2.75, 3.05) is 20.0 Å². The molecule has 0 atom stereocenters. The van der Waals surface area contributed by atoms with E-state index in [0.717, 1.165) is 5.56 Å². The van der Waals surface area contributed by atoms with Gasteiger partial charge in [0.2, 0.25) is 0 Å². The number of benzene rings is 1. The first-order valence-corrected chi connectivity index (χ1v) is 7.13. The summed E-state index contributed by atoms with van der Waals surface area (Å²) in [6.45, 7) is 2.39. The molecule has 1 rings (SSSR count). The molecule has 0 aliphatic carbocycles. The van der Waals surface area contributed by atoms with Crippen molar-refractivity contribution >= 4 is 34.7 Å². The minimum Gasteiger partial charge on any atom is -0.493 e. The van der Waals surface area contributed by atoms with Crippen molar-refractivity contribution in [1.29, 1.82) is 0 Å². The molecule has 2 N–H and O–H groups in total. The monoisotopic (exact) mass is 301 g/mol. The highest BCUT2D eigenvalue weighted by atomic mass is 35.5. The highest BCUT2D eigenvalue weighted by Gasteiger charge is 2.10. The number of halogens is 1. The topological polar surface area (TPSA) is 69.2 Å². The number of thioether (sulfide) groups is 1. The molecule has 0 bridgehead atoms. The molecule has 0 saturated carbocycles. The largest absolute Gasteiger partial charge is 0.493 e. The number of amidine groups is 1. The third kappa shape index (κ3) is 4.65. The van der Waals surface area contributed by atoms with Crippen LogP contribution in [0.3, 0.4) is 0 Å². The van der Waals surface area contributed by atoms with Crippen molar-refractivity contribution in [3.63, 3.8) is 0 Å². The van der Waals surface area contributed by atoms with Crippen molar-refractivity contribution in [3.05, 3.63) is 22.7 Å². The Morgan fingerprint density at radius 1 is 1.53 bits per heavy atom. The Kier molecular flexibility index (Phi) is 6.52. The van der Waals surface area contributed by atoms with E-state index in [1.54, 1.807) is 25.5 Å². The molecule has 1 aromatic carbocycles. The third-order valence-corrected chi connectivity index (χ3v) is 2.89. The van der Waals surface area contributed by atoms with E-state index in [2.05, 4.69) is 10.2 Å². The van der Waals surface area contributed by atoms with Gasteiger partial charge in [-0.25, -0.2) is 0 Å². The number of rotatable bonds is 5. The van der Waals surface area contributed by atoms with E-state index in [1.165, 1.54) is 11.8 Å². The smallest absolute Gasteiger partial charge is 0.180 e. The molecule has 7 heteroatoms. The zero-order valence-corrected chi connectivity index (χ0v) is 12.6. The molecule has 0 radical (unpaired) electrons. The Labute approximate surface area is 121 Å². The summed E-state index contributed by atoms with van der Waals surface area (Å²) >= 11 is 7.45. The molecular formula is C12H16ClN3O2S. The summed E-state index contributed by atoms with van der Waals surface area (Å²) < 4.78 is 10.7. The zero-order valence-electron chi connectivity index (χ0n) is 11.0. The standard InChI is InChI=1S/C12H16ClN3O2S/c1-4-18-11-9(13)5-8(6-10(11)17-2)7-15-16-12(14)19-3/h5-7H,4H2,1-3H3,(H2,14,16)/b15-7-. The summed E-state index contributed by atoms with van der Waals surface area (Å²) in [6, 6.07) is 3.49. The van der Waals surface area contributed by atoms with Crippen molar-refractivity contribution in [1.82, 2.24) is 0 Å². The Bertz CT molecular complexity index is 492. The van der Waals surface area contributed by atoms with Gasteiger partial charge in [-0.3, -0.25) is 0 Å². The Morgan fingerprint density at radius 3 is 2.84 bits per heavy atom. The van der Waals surface area contributed by atoms with Crippen LogP contribution in [0.5, 0.6) is 11.5 Å². The summed E-state index contributed by atoms with van der Waals surface area (Å²) in [5, 5.41) is 8.51. The van der Waals surface area contributed by atoms with Gasteiger partial charge in [-0.15, -0.1) is 5.10 Å². The average Bonchev–Trinajstić information content (AvgIpc) is 2.41. The van der Waals surface area contributed by atoms with E-state index >= 15 is 0 Å². The van der Waals surface area contributed by atoms with Crippen LogP contribution in [0.1, 0.15) is 12.5 Å². The maximum atomic E-state index is 6.13. The molecular weight excluding hydrogens is 286 g/mol. The molecule has 19 heavy (non-hydrogen) atoms. The molecule has 0 amide bonds. The predicted molar refractivity (Wildman–Crippen MR) is 81.9 cm³/mol. The second-order valence-electron chi connectivity index (χ2n) is 3.35. The molecule has 0 saturated heterocycles. The molecule has 5 nitrogen and oxygen atoms in total. The van der Waals surface area contributed by atoms with Crippen LogP contribution in [-0.2, 0) is 0 Å². The summed E-state index contributed by atoms with van der Waals surface area (Å²) in [5.41, 5.74) is 6.27. The lowest BCUT2D eigenvalue weighted by molar-refractivity contribution is 0.311.